The molecule has 0 aromatic heterocycles. The smallest absolute Gasteiger partial charge is 0.311 e. The topological polar surface area (TPSA) is 26.3 Å². The van der Waals surface area contributed by atoms with Crippen LogP contribution >= 0.6 is 0 Å². The minimum Gasteiger partial charge on any atom is -0.459 e. The number of likely N-dealkylation sites (N-methyl/N-ethyl adjacent to an activating group) is 1. The van der Waals surface area contributed by atoms with Crippen LogP contribution in [0.25, 0.3) is 0 Å². The van der Waals surface area contributed by atoms with Gasteiger partial charge in [-0.3, -0.25) is 4.79 Å². The van der Waals surface area contributed by atoms with Gasteiger partial charge in [-0.1, -0.05) is 37.3 Å². The highest BCUT2D eigenvalue weighted by atomic mass is 16.5. The Balaban J connectivity index is 2.42. The molecule has 0 aliphatic carbocycles. The van der Waals surface area contributed by atoms with Crippen molar-refractivity contribution in [3.8, 4) is 0 Å². The second kappa shape index (κ2) is 6.89. The zero-order valence-corrected chi connectivity index (χ0v) is 13.5. The maximum absolute atomic E-state index is 11.9. The number of carbonyl (C=O) groups excluding carboxylic acids is 1. The van der Waals surface area contributed by atoms with Gasteiger partial charge in [0.2, 0.25) is 0 Å². The average molecular weight is 278 g/mol. The van der Waals surface area contributed by atoms with Crippen molar-refractivity contribution in [2.24, 2.45) is 5.41 Å². The maximum Gasteiger partial charge on any atom is 0.311 e. The third kappa shape index (κ3) is 5.33. The number of nitrogens with zero attached hydrogens (tertiary/aromatic N) is 1. The monoisotopic (exact) mass is 278 g/mol. The van der Waals surface area contributed by atoms with Gasteiger partial charge >= 0.3 is 5.97 Å². The SMILES string of the molecule is CCC(C)(C)C(=O)OCC[N+](C)(C)Cc1ccccc1. The Hall–Kier alpha value is -1.35. The molecule has 0 heterocycles. The van der Waals surface area contributed by atoms with Crippen LogP contribution in [-0.2, 0) is 16.1 Å². The molecule has 0 N–H and O–H groups in total. The van der Waals surface area contributed by atoms with Crippen LogP contribution in [0.3, 0.4) is 0 Å². The summed E-state index contributed by atoms with van der Waals surface area (Å²) in [4.78, 5) is 11.9. The Morgan fingerprint density at radius 1 is 1.20 bits per heavy atom. The summed E-state index contributed by atoms with van der Waals surface area (Å²) in [5.74, 6) is -0.0975. The summed E-state index contributed by atoms with van der Waals surface area (Å²) in [7, 11) is 4.32. The molecular weight excluding hydrogens is 250 g/mol. The predicted octanol–water partition coefficient (Wildman–Crippen LogP) is 3.24. The Bertz CT molecular complexity index is 424. The normalized spacial score (nSPS) is 12.2. The van der Waals surface area contributed by atoms with Crippen molar-refractivity contribution in [2.45, 2.75) is 33.7 Å². The van der Waals surface area contributed by atoms with Crippen molar-refractivity contribution in [1.29, 1.82) is 0 Å². The lowest BCUT2D eigenvalue weighted by atomic mass is 9.91. The molecule has 3 nitrogen and oxygen atoms in total. The van der Waals surface area contributed by atoms with Gasteiger partial charge in [0.05, 0.1) is 19.5 Å². The van der Waals surface area contributed by atoms with Crippen LogP contribution in [0.15, 0.2) is 30.3 Å². The fourth-order valence-corrected chi connectivity index (χ4v) is 1.88. The molecule has 0 fully saturated rings. The molecule has 0 aliphatic rings. The number of carbonyl (C=O) groups is 1. The lowest BCUT2D eigenvalue weighted by molar-refractivity contribution is -0.903. The molecular formula is C17H28NO2+. The second-order valence-electron chi connectivity index (χ2n) is 6.68. The van der Waals surface area contributed by atoms with Crippen molar-refractivity contribution < 1.29 is 14.0 Å². The number of benzene rings is 1. The van der Waals surface area contributed by atoms with E-state index < -0.39 is 0 Å². The maximum atomic E-state index is 11.9. The Morgan fingerprint density at radius 2 is 1.80 bits per heavy atom. The summed E-state index contributed by atoms with van der Waals surface area (Å²) < 4.78 is 6.23. The first-order valence-corrected chi connectivity index (χ1v) is 7.30. The van der Waals surface area contributed by atoms with E-state index in [9.17, 15) is 4.79 Å². The highest BCUT2D eigenvalue weighted by Gasteiger charge is 2.27. The van der Waals surface area contributed by atoms with E-state index in [4.69, 9.17) is 4.74 Å². The lowest BCUT2D eigenvalue weighted by Crippen LogP contribution is -2.42. The van der Waals surface area contributed by atoms with E-state index >= 15 is 0 Å². The van der Waals surface area contributed by atoms with E-state index in [-0.39, 0.29) is 11.4 Å². The van der Waals surface area contributed by atoms with Gasteiger partial charge in [-0.15, -0.1) is 0 Å². The van der Waals surface area contributed by atoms with E-state index in [0.717, 1.165) is 24.0 Å². The largest absolute Gasteiger partial charge is 0.459 e. The van der Waals surface area contributed by atoms with E-state index in [0.29, 0.717) is 6.61 Å². The van der Waals surface area contributed by atoms with Gasteiger partial charge in [-0.2, -0.15) is 0 Å². The molecule has 0 radical (unpaired) electrons. The first kappa shape index (κ1) is 16.7. The Morgan fingerprint density at radius 3 is 2.35 bits per heavy atom. The van der Waals surface area contributed by atoms with Gasteiger partial charge in [0.1, 0.15) is 19.7 Å². The first-order chi connectivity index (χ1) is 9.27. The molecule has 112 valence electrons. The molecule has 1 rings (SSSR count). The van der Waals surface area contributed by atoms with Gasteiger partial charge < -0.3 is 9.22 Å². The molecule has 0 saturated carbocycles. The summed E-state index contributed by atoms with van der Waals surface area (Å²) >= 11 is 0. The van der Waals surface area contributed by atoms with Crippen molar-refractivity contribution >= 4 is 5.97 Å². The molecule has 20 heavy (non-hydrogen) atoms. The third-order valence-corrected chi connectivity index (χ3v) is 3.82. The summed E-state index contributed by atoms with van der Waals surface area (Å²) in [6.07, 6.45) is 0.800. The summed E-state index contributed by atoms with van der Waals surface area (Å²) in [6, 6.07) is 10.4. The van der Waals surface area contributed by atoms with Gasteiger partial charge in [-0.25, -0.2) is 0 Å². The highest BCUT2D eigenvalue weighted by molar-refractivity contribution is 5.75. The van der Waals surface area contributed by atoms with Crippen molar-refractivity contribution in [1.82, 2.24) is 0 Å². The standard InChI is InChI=1S/C17H28NO2/c1-6-17(2,3)16(19)20-13-12-18(4,5)14-15-10-8-7-9-11-15/h7-11H,6,12-14H2,1-5H3/q+1. The van der Waals surface area contributed by atoms with Crippen molar-refractivity contribution in [2.75, 3.05) is 27.2 Å². The number of hydrogen-bond acceptors (Lipinski definition) is 2. The zero-order chi connectivity index (χ0) is 15.2. The van der Waals surface area contributed by atoms with Crippen LogP contribution in [0, 0.1) is 5.41 Å². The molecule has 1 aromatic rings. The van der Waals surface area contributed by atoms with Crippen LogP contribution in [-0.4, -0.2) is 37.7 Å². The fourth-order valence-electron chi connectivity index (χ4n) is 1.88. The Kier molecular flexibility index (Phi) is 5.75. The van der Waals surface area contributed by atoms with Crippen molar-refractivity contribution in [3.63, 3.8) is 0 Å². The van der Waals surface area contributed by atoms with Crippen LogP contribution in [0.1, 0.15) is 32.8 Å². The number of hydrogen-bond donors (Lipinski definition) is 0. The van der Waals surface area contributed by atoms with Gasteiger partial charge in [0.15, 0.2) is 0 Å². The molecule has 0 atom stereocenters. The van der Waals surface area contributed by atoms with E-state index in [2.05, 4.69) is 38.4 Å². The molecule has 0 aliphatic heterocycles. The average Bonchev–Trinajstić information content (AvgIpc) is 2.38. The lowest BCUT2D eigenvalue weighted by Gasteiger charge is -2.30. The minimum atomic E-state index is -0.378. The minimum absolute atomic E-state index is 0.0975. The molecule has 0 bridgehead atoms. The third-order valence-electron chi connectivity index (χ3n) is 3.82. The number of rotatable bonds is 7. The highest BCUT2D eigenvalue weighted by Crippen LogP contribution is 2.21. The predicted molar refractivity (Wildman–Crippen MR) is 82.2 cm³/mol. The quantitative estimate of drug-likeness (QED) is 0.565. The molecule has 0 unspecified atom stereocenters. The van der Waals surface area contributed by atoms with E-state index in [1.54, 1.807) is 0 Å². The zero-order valence-electron chi connectivity index (χ0n) is 13.5. The van der Waals surface area contributed by atoms with Crippen molar-refractivity contribution in [3.05, 3.63) is 35.9 Å². The van der Waals surface area contributed by atoms with Gasteiger partial charge in [0.25, 0.3) is 0 Å². The van der Waals surface area contributed by atoms with Crippen LogP contribution in [0.2, 0.25) is 0 Å². The summed E-state index contributed by atoms with van der Waals surface area (Å²) in [6.45, 7) is 8.10. The van der Waals surface area contributed by atoms with Crippen LogP contribution in [0.5, 0.6) is 0 Å². The summed E-state index contributed by atoms with van der Waals surface area (Å²) in [5, 5.41) is 0. The molecule has 0 spiro atoms. The van der Waals surface area contributed by atoms with E-state index in [1.807, 2.05) is 26.8 Å². The van der Waals surface area contributed by atoms with Gasteiger partial charge in [-0.05, 0) is 20.3 Å². The number of ether oxygens (including phenoxy) is 1. The summed E-state index contributed by atoms with van der Waals surface area (Å²) in [5.41, 5.74) is 0.925. The first-order valence-electron chi connectivity index (χ1n) is 7.30. The second-order valence-corrected chi connectivity index (χ2v) is 6.68. The molecule has 0 amide bonds. The Labute approximate surface area is 123 Å². The fraction of sp³-hybridized carbons (Fsp3) is 0.588. The van der Waals surface area contributed by atoms with Crippen LogP contribution in [0.4, 0.5) is 0 Å². The number of esters is 1. The van der Waals surface area contributed by atoms with Crippen LogP contribution < -0.4 is 0 Å². The van der Waals surface area contributed by atoms with Gasteiger partial charge in [0, 0.05) is 5.56 Å². The van der Waals surface area contributed by atoms with E-state index in [1.165, 1.54) is 5.56 Å². The molecule has 0 saturated heterocycles. The number of quaternary nitrogens is 1. The molecule has 1 aromatic carbocycles. The molecule has 3 heteroatoms.